The Morgan fingerprint density at radius 1 is 0.633 bits per heavy atom. The number of carbonyl (C=O) groups is 2. The highest BCUT2D eigenvalue weighted by atomic mass is 32.1. The lowest BCUT2D eigenvalue weighted by Gasteiger charge is -2.06. The van der Waals surface area contributed by atoms with Gasteiger partial charge in [-0.2, -0.15) is 39.1 Å². The normalized spacial score (nSPS) is 11.8. The fourth-order valence-corrected chi connectivity index (χ4v) is 7.85. The van der Waals surface area contributed by atoms with Crippen molar-refractivity contribution in [1.82, 2.24) is 59.1 Å². The van der Waals surface area contributed by atoms with Gasteiger partial charge in [0.05, 0.1) is 58.4 Å². The van der Waals surface area contributed by atoms with E-state index in [1.54, 1.807) is 19.9 Å². The first-order valence-electron chi connectivity index (χ1n) is 17.5. The molecule has 0 unspecified atom stereocenters. The zero-order chi connectivity index (χ0) is 41.7. The van der Waals surface area contributed by atoms with E-state index in [0.29, 0.717) is 21.7 Å². The molecule has 22 nitrogen and oxygen atoms in total. The second kappa shape index (κ2) is 15.0. The van der Waals surface area contributed by atoms with Gasteiger partial charge in [-0.05, 0) is 38.1 Å². The number of methoxy groups -OCH3 is 2. The molecule has 0 saturated carbocycles. The van der Waals surface area contributed by atoms with Gasteiger partial charge in [0, 0.05) is 6.07 Å². The third kappa shape index (κ3) is 6.45. The smallest absolute Gasteiger partial charge is 0.343 e. The van der Waals surface area contributed by atoms with Crippen LogP contribution in [0.2, 0.25) is 0 Å². The Bertz CT molecular complexity index is 2930. The number of para-hydroxylation sites is 2. The van der Waals surface area contributed by atoms with Gasteiger partial charge in [0.1, 0.15) is 17.5 Å². The van der Waals surface area contributed by atoms with Crippen LogP contribution in [0.1, 0.15) is 32.1 Å². The summed E-state index contributed by atoms with van der Waals surface area (Å²) < 4.78 is 17.3. The lowest BCUT2D eigenvalue weighted by molar-refractivity contribution is 0.0592. The third-order valence-corrected chi connectivity index (χ3v) is 10.9. The number of ether oxygens (including phenoxy) is 2. The topological polar surface area (TPSA) is 277 Å². The van der Waals surface area contributed by atoms with E-state index < -0.39 is 11.9 Å². The number of rotatable bonds is 10. The molecule has 0 fully saturated rings. The second-order valence-corrected chi connectivity index (χ2v) is 14.6. The highest BCUT2D eigenvalue weighted by molar-refractivity contribution is 7.21. The zero-order valence-corrected chi connectivity index (χ0v) is 33.3. The van der Waals surface area contributed by atoms with Crippen LogP contribution in [0.3, 0.4) is 0 Å². The number of nitrogens with two attached hydrogens (primary N) is 2. The Hall–Kier alpha value is -8.12. The fraction of sp³-hybridized carbons (Fsp3) is 0.111. The van der Waals surface area contributed by atoms with Gasteiger partial charge in [0.2, 0.25) is 10.3 Å². The summed E-state index contributed by atoms with van der Waals surface area (Å²) in [5.74, 6) is -0.511. The molecule has 7 heterocycles. The van der Waals surface area contributed by atoms with E-state index in [2.05, 4.69) is 60.8 Å². The highest BCUT2D eigenvalue weighted by Gasteiger charge is 2.25. The molecule has 0 aliphatic heterocycles. The highest BCUT2D eigenvalue weighted by Crippen LogP contribution is 2.36. The Labute approximate surface area is 344 Å². The van der Waals surface area contributed by atoms with Gasteiger partial charge < -0.3 is 20.9 Å². The van der Waals surface area contributed by atoms with Gasteiger partial charge in [0.25, 0.3) is 0 Å². The number of esters is 2. The van der Waals surface area contributed by atoms with Crippen LogP contribution in [0.5, 0.6) is 0 Å². The Balaban J connectivity index is 1.03. The predicted octanol–water partition coefficient (Wildman–Crippen LogP) is 6.62. The summed E-state index contributed by atoms with van der Waals surface area (Å²) in [4.78, 5) is 43.5. The van der Waals surface area contributed by atoms with E-state index >= 15 is 0 Å². The molecule has 0 saturated heterocycles. The average Bonchev–Trinajstić information content (AvgIpc) is 4.12. The first-order chi connectivity index (χ1) is 29.1. The number of nitrogens with zero attached hydrogens (tertiary/aromatic N) is 16. The monoisotopic (exact) mass is 840 g/mol. The fourth-order valence-electron chi connectivity index (χ4n) is 6.00. The lowest BCUT2D eigenvalue weighted by Crippen LogP contribution is -2.09. The molecule has 4 N–H and O–H groups in total. The summed E-state index contributed by atoms with van der Waals surface area (Å²) in [6.07, 6.45) is 3.96. The standard InChI is InChI=1S/C36H28N18O4S2/c1-17-27(45-47-31-19(33(55)57-3)14-41-53(31)35-43-21-9-5-7-11-23(21)59-35)29(37)51(49-17)25-13-26(40-16-39-25)52-30(38)28(18(2)50-52)46-48-32-20(34(56)58-4)15-42-54(32)36-44-22-10-6-8-12-24(22)60-36/h5-16H,37-38H2,1-4H3. The third-order valence-electron chi connectivity index (χ3n) is 8.91. The minimum absolute atomic E-state index is 0.0679. The van der Waals surface area contributed by atoms with Crippen molar-refractivity contribution in [2.75, 3.05) is 25.7 Å². The molecule has 24 heteroatoms. The molecule has 0 bridgehead atoms. The molecule has 0 radical (unpaired) electrons. The maximum atomic E-state index is 12.7. The number of aromatic nitrogens is 12. The van der Waals surface area contributed by atoms with Crippen molar-refractivity contribution in [2.24, 2.45) is 20.5 Å². The van der Waals surface area contributed by atoms with Crippen LogP contribution in [0, 0.1) is 13.8 Å². The number of anilines is 2. The number of thiazole rings is 2. The number of carbonyl (C=O) groups excluding carboxylic acids is 2. The number of hydrogen-bond donors (Lipinski definition) is 2. The number of azo groups is 2. The van der Waals surface area contributed by atoms with Crippen molar-refractivity contribution in [1.29, 1.82) is 0 Å². The van der Waals surface area contributed by atoms with Crippen molar-refractivity contribution in [3.63, 3.8) is 0 Å². The van der Waals surface area contributed by atoms with E-state index in [9.17, 15) is 9.59 Å². The maximum absolute atomic E-state index is 12.7. The van der Waals surface area contributed by atoms with E-state index in [1.807, 2.05) is 48.5 Å². The van der Waals surface area contributed by atoms with Crippen LogP contribution in [0.25, 0.3) is 42.3 Å². The molecule has 0 aliphatic rings. The number of aryl methyl sites for hydroxylation is 2. The first-order valence-corrected chi connectivity index (χ1v) is 19.2. The molecule has 60 heavy (non-hydrogen) atoms. The Morgan fingerprint density at radius 2 is 1.07 bits per heavy atom. The molecule has 298 valence electrons. The van der Waals surface area contributed by atoms with Gasteiger partial charge in [-0.3, -0.25) is 0 Å². The van der Waals surface area contributed by atoms with Crippen molar-refractivity contribution >= 4 is 89.7 Å². The quantitative estimate of drug-likeness (QED) is 0.108. The van der Waals surface area contributed by atoms with Crippen LogP contribution >= 0.6 is 22.7 Å². The predicted molar refractivity (Wildman–Crippen MR) is 219 cm³/mol. The van der Waals surface area contributed by atoms with Crippen LogP contribution in [0.15, 0.2) is 93.8 Å². The van der Waals surface area contributed by atoms with E-state index in [-0.39, 0.29) is 57.4 Å². The number of fused-ring (bicyclic) bond motifs is 2. The van der Waals surface area contributed by atoms with Crippen LogP contribution < -0.4 is 11.5 Å². The summed E-state index contributed by atoms with van der Waals surface area (Å²) >= 11 is 2.73. The van der Waals surface area contributed by atoms with E-state index in [1.165, 1.54) is 74.3 Å². The van der Waals surface area contributed by atoms with Crippen molar-refractivity contribution in [3.05, 3.63) is 95.8 Å². The van der Waals surface area contributed by atoms with Gasteiger partial charge in [-0.1, -0.05) is 46.9 Å². The molecule has 0 atom stereocenters. The van der Waals surface area contributed by atoms with Crippen molar-refractivity contribution < 1.29 is 19.1 Å². The summed E-state index contributed by atoms with van der Waals surface area (Å²) in [6.45, 7) is 3.38. The van der Waals surface area contributed by atoms with Gasteiger partial charge >= 0.3 is 11.9 Å². The van der Waals surface area contributed by atoms with Crippen molar-refractivity contribution in [3.8, 4) is 21.9 Å². The largest absolute Gasteiger partial charge is 0.465 e. The molecule has 9 rings (SSSR count). The van der Waals surface area contributed by atoms with Crippen LogP contribution in [-0.2, 0) is 9.47 Å². The molecule has 7 aromatic heterocycles. The number of nitrogen functional groups attached to an aromatic ring is 2. The SMILES string of the molecule is COC(=O)c1cnn(-c2nc3ccccc3s2)c1N=Nc1c(C)nn(-c2cc(-n3nc(C)c(N=Nc4c(C(=O)OC)cnn4-c4nc5ccccc5s4)c3N)ncn2)c1N. The molecule has 0 spiro atoms. The van der Waals surface area contributed by atoms with Gasteiger partial charge in [0.15, 0.2) is 46.3 Å². The molecule has 2 aromatic carbocycles. The lowest BCUT2D eigenvalue weighted by atomic mass is 10.3. The number of hydrogen-bond acceptors (Lipinski definition) is 20. The van der Waals surface area contributed by atoms with E-state index in [4.69, 9.17) is 20.9 Å². The second-order valence-electron chi connectivity index (χ2n) is 12.6. The summed E-state index contributed by atoms with van der Waals surface area (Å²) in [6, 6.07) is 16.7. The zero-order valence-electron chi connectivity index (χ0n) is 31.7. The summed E-state index contributed by atoms with van der Waals surface area (Å²) in [5.41, 5.74) is 16.0. The minimum atomic E-state index is -0.662. The van der Waals surface area contributed by atoms with Gasteiger partial charge in [-0.15, -0.1) is 20.5 Å². The molecular weight excluding hydrogens is 813 g/mol. The summed E-state index contributed by atoms with van der Waals surface area (Å²) in [7, 11) is 2.52. The van der Waals surface area contributed by atoms with Crippen molar-refractivity contribution in [2.45, 2.75) is 13.8 Å². The average molecular weight is 841 g/mol. The molecule has 9 aromatic rings. The van der Waals surface area contributed by atoms with Crippen LogP contribution in [-0.4, -0.2) is 85.2 Å². The Kier molecular flexibility index (Phi) is 9.36. The molecule has 0 amide bonds. The maximum Gasteiger partial charge on any atom is 0.343 e. The first kappa shape index (κ1) is 37.5. The van der Waals surface area contributed by atoms with Crippen LogP contribution in [0.4, 0.5) is 34.6 Å². The number of benzene rings is 2. The van der Waals surface area contributed by atoms with E-state index in [0.717, 1.165) is 20.4 Å². The minimum Gasteiger partial charge on any atom is -0.465 e. The molecular formula is C36H28N18O4S2. The molecule has 0 aliphatic carbocycles. The van der Waals surface area contributed by atoms with Gasteiger partial charge in [-0.25, -0.2) is 29.5 Å². The summed E-state index contributed by atoms with van der Waals surface area (Å²) in [5, 5.41) is 36.4. The Morgan fingerprint density at radius 3 is 1.48 bits per heavy atom.